The number of nitrogens with zero attached hydrogens (tertiary/aromatic N) is 2. The Morgan fingerprint density at radius 3 is 2.64 bits per heavy atom. The monoisotopic (exact) mass is 314 g/mol. The number of hydrogen-bond acceptors (Lipinski definition) is 3. The van der Waals surface area contributed by atoms with Crippen LogP contribution in [0.4, 0.5) is 0 Å². The van der Waals surface area contributed by atoms with E-state index in [9.17, 15) is 4.79 Å². The molecule has 1 aliphatic rings. The Bertz CT molecular complexity index is 576. The largest absolute Gasteiger partial charge is 0.332 e. The van der Waals surface area contributed by atoms with Gasteiger partial charge in [0.05, 0.1) is 6.54 Å². The molecule has 22 heavy (non-hydrogen) atoms. The summed E-state index contributed by atoms with van der Waals surface area (Å²) >= 11 is 1.62. The summed E-state index contributed by atoms with van der Waals surface area (Å²) in [6.45, 7) is 1.30. The van der Waals surface area contributed by atoms with Crippen LogP contribution in [-0.4, -0.2) is 15.8 Å². The van der Waals surface area contributed by atoms with E-state index < -0.39 is 0 Å². The summed E-state index contributed by atoms with van der Waals surface area (Å²) < 4.78 is 0. The second-order valence-corrected chi connectivity index (χ2v) is 6.99. The summed E-state index contributed by atoms with van der Waals surface area (Å²) in [5.41, 5.74) is 1.18. The van der Waals surface area contributed by atoms with Gasteiger partial charge in [0.25, 0.3) is 0 Å². The van der Waals surface area contributed by atoms with E-state index >= 15 is 0 Å². The van der Waals surface area contributed by atoms with E-state index in [-0.39, 0.29) is 5.91 Å². The third kappa shape index (κ3) is 4.17. The van der Waals surface area contributed by atoms with Crippen molar-refractivity contribution in [1.29, 1.82) is 0 Å². The number of hydrogen-bond donors (Lipinski definition) is 0. The lowest BCUT2D eigenvalue weighted by molar-refractivity contribution is -0.133. The van der Waals surface area contributed by atoms with Crippen LogP contribution in [0.1, 0.15) is 42.7 Å². The van der Waals surface area contributed by atoms with Crippen molar-refractivity contribution in [3.63, 3.8) is 0 Å². The van der Waals surface area contributed by atoms with Crippen molar-refractivity contribution >= 4 is 17.2 Å². The van der Waals surface area contributed by atoms with Crippen molar-refractivity contribution in [2.24, 2.45) is 5.92 Å². The molecule has 4 heteroatoms. The zero-order chi connectivity index (χ0) is 15.2. The number of benzene rings is 1. The number of thiazole rings is 1. The first kappa shape index (κ1) is 15.2. The van der Waals surface area contributed by atoms with Crippen LogP contribution in [0.15, 0.2) is 41.9 Å². The van der Waals surface area contributed by atoms with E-state index in [0.29, 0.717) is 25.4 Å². The predicted octanol–water partition coefficient (Wildman–Crippen LogP) is 4.25. The predicted molar refractivity (Wildman–Crippen MR) is 89.4 cm³/mol. The van der Waals surface area contributed by atoms with Gasteiger partial charge in [-0.25, -0.2) is 4.98 Å². The minimum atomic E-state index is 0.269. The van der Waals surface area contributed by atoms with E-state index in [0.717, 1.165) is 5.01 Å². The Labute approximate surface area is 136 Å². The van der Waals surface area contributed by atoms with Gasteiger partial charge in [0.15, 0.2) is 0 Å². The molecule has 0 atom stereocenters. The maximum atomic E-state index is 12.7. The van der Waals surface area contributed by atoms with Gasteiger partial charge >= 0.3 is 0 Å². The molecule has 0 unspecified atom stereocenters. The van der Waals surface area contributed by atoms with Gasteiger partial charge in [0.1, 0.15) is 5.01 Å². The molecule has 0 radical (unpaired) electrons. The van der Waals surface area contributed by atoms with E-state index in [1.165, 1.54) is 31.2 Å². The Morgan fingerprint density at radius 2 is 1.95 bits per heavy atom. The zero-order valence-electron chi connectivity index (χ0n) is 12.8. The first-order chi connectivity index (χ1) is 10.8. The van der Waals surface area contributed by atoms with Crippen molar-refractivity contribution in [1.82, 2.24) is 9.88 Å². The molecule has 0 aliphatic heterocycles. The van der Waals surface area contributed by atoms with Crippen LogP contribution in [0.3, 0.4) is 0 Å². The molecule has 116 valence electrons. The number of amides is 1. The molecular weight excluding hydrogens is 292 g/mol. The summed E-state index contributed by atoms with van der Waals surface area (Å²) in [6.07, 6.45) is 7.48. The van der Waals surface area contributed by atoms with Gasteiger partial charge in [-0.15, -0.1) is 11.3 Å². The van der Waals surface area contributed by atoms with Crippen LogP contribution in [0, 0.1) is 5.92 Å². The third-order valence-electron chi connectivity index (χ3n) is 4.32. The summed E-state index contributed by atoms with van der Waals surface area (Å²) in [4.78, 5) is 19.0. The van der Waals surface area contributed by atoms with Gasteiger partial charge in [-0.1, -0.05) is 43.2 Å². The number of carbonyl (C=O) groups excluding carboxylic acids is 1. The van der Waals surface area contributed by atoms with Gasteiger partial charge < -0.3 is 4.90 Å². The molecule has 1 heterocycles. The minimum absolute atomic E-state index is 0.269. The molecule has 1 amide bonds. The van der Waals surface area contributed by atoms with Crippen molar-refractivity contribution < 1.29 is 4.79 Å². The van der Waals surface area contributed by atoms with Crippen molar-refractivity contribution in [3.05, 3.63) is 52.5 Å². The van der Waals surface area contributed by atoms with E-state index in [4.69, 9.17) is 0 Å². The van der Waals surface area contributed by atoms with Crippen LogP contribution >= 0.6 is 11.3 Å². The molecule has 0 bridgehead atoms. The average molecular weight is 314 g/mol. The first-order valence-electron chi connectivity index (χ1n) is 8.01. The minimum Gasteiger partial charge on any atom is -0.332 e. The van der Waals surface area contributed by atoms with Crippen LogP contribution in [-0.2, 0) is 17.9 Å². The number of aromatic nitrogens is 1. The van der Waals surface area contributed by atoms with Crippen molar-refractivity contribution in [3.8, 4) is 0 Å². The number of carbonyl (C=O) groups is 1. The lowest BCUT2D eigenvalue weighted by atomic mass is 10.0. The van der Waals surface area contributed by atoms with Crippen LogP contribution in [0.25, 0.3) is 0 Å². The molecule has 1 fully saturated rings. The molecule has 2 aromatic rings. The highest BCUT2D eigenvalue weighted by atomic mass is 32.1. The quantitative estimate of drug-likeness (QED) is 0.798. The van der Waals surface area contributed by atoms with Crippen LogP contribution in [0.5, 0.6) is 0 Å². The second-order valence-electron chi connectivity index (χ2n) is 6.02. The average Bonchev–Trinajstić information content (AvgIpc) is 3.21. The fourth-order valence-electron chi connectivity index (χ4n) is 3.12. The Kier molecular flexibility index (Phi) is 5.22. The van der Waals surface area contributed by atoms with Gasteiger partial charge in [0.2, 0.25) is 5.91 Å². The highest BCUT2D eigenvalue weighted by molar-refractivity contribution is 7.09. The molecule has 0 spiro atoms. The fourth-order valence-corrected chi connectivity index (χ4v) is 3.75. The lowest BCUT2D eigenvalue weighted by Gasteiger charge is -2.23. The molecule has 0 N–H and O–H groups in total. The molecule has 3 nitrogen and oxygen atoms in total. The highest BCUT2D eigenvalue weighted by Crippen LogP contribution is 2.28. The van der Waals surface area contributed by atoms with Gasteiger partial charge in [-0.2, -0.15) is 0 Å². The molecular formula is C18H22N2OS. The van der Waals surface area contributed by atoms with E-state index in [1.54, 1.807) is 11.3 Å². The van der Waals surface area contributed by atoms with Crippen molar-refractivity contribution in [2.45, 2.75) is 45.2 Å². The highest BCUT2D eigenvalue weighted by Gasteiger charge is 2.22. The van der Waals surface area contributed by atoms with Gasteiger partial charge in [-0.3, -0.25) is 4.79 Å². The van der Waals surface area contributed by atoms with Gasteiger partial charge in [-0.05, 0) is 24.3 Å². The Hall–Kier alpha value is -1.68. The van der Waals surface area contributed by atoms with Crippen LogP contribution < -0.4 is 0 Å². The van der Waals surface area contributed by atoms with Gasteiger partial charge in [0, 0.05) is 24.5 Å². The third-order valence-corrected chi connectivity index (χ3v) is 5.08. The summed E-state index contributed by atoms with van der Waals surface area (Å²) in [5, 5.41) is 2.98. The fraction of sp³-hybridized carbons (Fsp3) is 0.444. The SMILES string of the molecule is O=C(CC1CCCC1)N(Cc1ccccc1)Cc1nccs1. The molecule has 0 saturated heterocycles. The van der Waals surface area contributed by atoms with Crippen LogP contribution in [0.2, 0.25) is 0 Å². The molecule has 1 saturated carbocycles. The molecule has 1 aromatic heterocycles. The standard InChI is InChI=1S/C18H22N2OS/c21-18(12-15-6-4-5-7-15)20(14-17-19-10-11-22-17)13-16-8-2-1-3-9-16/h1-3,8-11,15H,4-7,12-14H2. The topological polar surface area (TPSA) is 33.2 Å². The van der Waals surface area contributed by atoms with Crippen molar-refractivity contribution in [2.75, 3.05) is 0 Å². The summed E-state index contributed by atoms with van der Waals surface area (Å²) in [5.74, 6) is 0.855. The molecule has 1 aromatic carbocycles. The first-order valence-corrected chi connectivity index (χ1v) is 8.89. The maximum Gasteiger partial charge on any atom is 0.223 e. The van der Waals surface area contributed by atoms with E-state index in [2.05, 4.69) is 17.1 Å². The Balaban J connectivity index is 1.68. The molecule has 1 aliphatic carbocycles. The summed E-state index contributed by atoms with van der Waals surface area (Å²) in [7, 11) is 0. The Morgan fingerprint density at radius 1 is 1.18 bits per heavy atom. The maximum absolute atomic E-state index is 12.7. The smallest absolute Gasteiger partial charge is 0.223 e. The zero-order valence-corrected chi connectivity index (χ0v) is 13.6. The normalized spacial score (nSPS) is 15.1. The number of rotatable bonds is 6. The summed E-state index contributed by atoms with van der Waals surface area (Å²) in [6, 6.07) is 10.2. The van der Waals surface area contributed by atoms with E-state index in [1.807, 2.05) is 34.7 Å². The second kappa shape index (κ2) is 7.54. The molecule has 3 rings (SSSR count). The lowest BCUT2D eigenvalue weighted by Crippen LogP contribution is -2.31.